The molecule has 5 heteroatoms. The van der Waals surface area contributed by atoms with Crippen LogP contribution < -0.4 is 10.2 Å². The smallest absolute Gasteiger partial charge is 0.225 e. The van der Waals surface area contributed by atoms with Gasteiger partial charge in [-0.25, -0.2) is 4.98 Å². The average Bonchev–Trinajstić information content (AvgIpc) is 2.71. The van der Waals surface area contributed by atoms with Crippen LogP contribution in [0.3, 0.4) is 0 Å². The topological polar surface area (TPSA) is 53.9 Å². The second-order valence-electron chi connectivity index (χ2n) is 6.00. The first-order chi connectivity index (χ1) is 12.8. The van der Waals surface area contributed by atoms with Crippen molar-refractivity contribution in [3.05, 3.63) is 79.1 Å². The van der Waals surface area contributed by atoms with Gasteiger partial charge in [-0.05, 0) is 24.1 Å². The van der Waals surface area contributed by atoms with E-state index >= 15 is 0 Å². The monoisotopic (exact) mass is 345 g/mol. The Morgan fingerprint density at radius 3 is 2.58 bits per heavy atom. The van der Waals surface area contributed by atoms with Crippen LogP contribution >= 0.6 is 0 Å². The molecule has 0 fully saturated rings. The normalized spacial score (nSPS) is 10.3. The third-order valence-corrected chi connectivity index (χ3v) is 4.06. The summed E-state index contributed by atoms with van der Waals surface area (Å²) in [6.45, 7) is 5.22. The molecule has 1 N–H and O–H groups in total. The lowest BCUT2D eigenvalue weighted by Gasteiger charge is -2.20. The van der Waals surface area contributed by atoms with E-state index in [1.807, 2.05) is 48.8 Å². The molecule has 2 heterocycles. The summed E-state index contributed by atoms with van der Waals surface area (Å²) in [4.78, 5) is 15.5. The van der Waals surface area contributed by atoms with Crippen molar-refractivity contribution in [2.45, 2.75) is 6.42 Å². The quantitative estimate of drug-likeness (QED) is 0.629. The zero-order valence-electron chi connectivity index (χ0n) is 15.0. The van der Waals surface area contributed by atoms with Crippen LogP contribution in [0.1, 0.15) is 5.56 Å². The molecule has 0 atom stereocenters. The van der Waals surface area contributed by atoms with E-state index in [0.29, 0.717) is 12.5 Å². The maximum Gasteiger partial charge on any atom is 0.225 e. The zero-order chi connectivity index (χ0) is 18.2. The number of likely N-dealkylation sites (N-methyl/N-ethyl adjacent to an activating group) is 1. The number of aromatic nitrogens is 3. The molecule has 0 saturated carbocycles. The van der Waals surface area contributed by atoms with Gasteiger partial charge in [0.15, 0.2) is 0 Å². The number of nitrogens with one attached hydrogen (secondary N) is 1. The number of pyridine rings is 1. The molecule has 26 heavy (non-hydrogen) atoms. The highest BCUT2D eigenvalue weighted by Gasteiger charge is 2.10. The standard InChI is InChI=1S/C21H23N5/c1-3-12-23-21-24-19(18-7-5-4-6-8-18)16-20(25-21)26(2)15-11-17-9-13-22-14-10-17/h3-10,13-14,16H,1,11-12,15H2,2H3,(H,23,24,25). The molecular weight excluding hydrogens is 322 g/mol. The van der Waals surface area contributed by atoms with Gasteiger partial charge in [0.05, 0.1) is 5.69 Å². The van der Waals surface area contributed by atoms with Gasteiger partial charge < -0.3 is 10.2 Å². The number of anilines is 2. The summed E-state index contributed by atoms with van der Waals surface area (Å²) >= 11 is 0. The van der Waals surface area contributed by atoms with E-state index in [1.165, 1.54) is 5.56 Å². The summed E-state index contributed by atoms with van der Waals surface area (Å²) in [5.74, 6) is 1.50. The Hall–Kier alpha value is -3.21. The Morgan fingerprint density at radius 1 is 1.08 bits per heavy atom. The van der Waals surface area contributed by atoms with Gasteiger partial charge >= 0.3 is 0 Å². The lowest BCUT2D eigenvalue weighted by atomic mass is 10.1. The maximum atomic E-state index is 4.65. The summed E-state index contributed by atoms with van der Waals surface area (Å²) in [5, 5.41) is 3.20. The molecule has 0 aliphatic carbocycles. The molecule has 0 bridgehead atoms. The molecule has 0 amide bonds. The van der Waals surface area contributed by atoms with E-state index in [9.17, 15) is 0 Å². The third-order valence-electron chi connectivity index (χ3n) is 4.06. The van der Waals surface area contributed by atoms with E-state index in [-0.39, 0.29) is 0 Å². The lowest BCUT2D eigenvalue weighted by Crippen LogP contribution is -2.22. The minimum atomic E-state index is 0.608. The van der Waals surface area contributed by atoms with Crippen molar-refractivity contribution in [1.82, 2.24) is 15.0 Å². The maximum absolute atomic E-state index is 4.65. The first kappa shape index (κ1) is 17.6. The Kier molecular flexibility index (Phi) is 5.93. The molecule has 0 spiro atoms. The average molecular weight is 345 g/mol. The van der Waals surface area contributed by atoms with Gasteiger partial charge in [0, 0.05) is 44.2 Å². The highest BCUT2D eigenvalue weighted by Crippen LogP contribution is 2.23. The Labute approximate surface area is 154 Å². The van der Waals surface area contributed by atoms with Crippen LogP contribution in [0.25, 0.3) is 11.3 Å². The second-order valence-corrected chi connectivity index (χ2v) is 6.00. The van der Waals surface area contributed by atoms with Crippen LogP contribution in [0.15, 0.2) is 73.6 Å². The van der Waals surface area contributed by atoms with E-state index < -0.39 is 0 Å². The van der Waals surface area contributed by atoms with Crippen molar-refractivity contribution in [1.29, 1.82) is 0 Å². The highest BCUT2D eigenvalue weighted by molar-refractivity contribution is 5.64. The van der Waals surface area contributed by atoms with E-state index in [2.05, 4.69) is 50.9 Å². The van der Waals surface area contributed by atoms with Crippen molar-refractivity contribution in [2.24, 2.45) is 0 Å². The molecule has 3 aromatic rings. The van der Waals surface area contributed by atoms with E-state index in [1.54, 1.807) is 6.08 Å². The molecule has 0 saturated heterocycles. The first-order valence-electron chi connectivity index (χ1n) is 8.65. The van der Waals surface area contributed by atoms with Crippen molar-refractivity contribution >= 4 is 11.8 Å². The van der Waals surface area contributed by atoms with Crippen LogP contribution in [-0.4, -0.2) is 35.1 Å². The number of rotatable bonds is 8. The van der Waals surface area contributed by atoms with E-state index in [4.69, 9.17) is 0 Å². The molecular formula is C21H23N5. The largest absolute Gasteiger partial charge is 0.359 e. The van der Waals surface area contributed by atoms with Gasteiger partial charge in [-0.15, -0.1) is 6.58 Å². The Balaban J connectivity index is 1.83. The molecule has 132 valence electrons. The summed E-state index contributed by atoms with van der Waals surface area (Å²) in [6.07, 6.45) is 6.38. The Bertz CT molecular complexity index is 834. The molecule has 0 aliphatic rings. The SMILES string of the molecule is C=CCNc1nc(-c2ccccc2)cc(N(C)CCc2ccncc2)n1. The van der Waals surface area contributed by atoms with Crippen molar-refractivity contribution in [2.75, 3.05) is 30.4 Å². The van der Waals surface area contributed by atoms with Gasteiger partial charge in [-0.1, -0.05) is 36.4 Å². The molecule has 3 rings (SSSR count). The number of hydrogen-bond donors (Lipinski definition) is 1. The van der Waals surface area contributed by atoms with Crippen LogP contribution in [-0.2, 0) is 6.42 Å². The first-order valence-corrected chi connectivity index (χ1v) is 8.65. The highest BCUT2D eigenvalue weighted by atomic mass is 15.2. The van der Waals surface area contributed by atoms with Gasteiger partial charge in [0.25, 0.3) is 0 Å². The summed E-state index contributed by atoms with van der Waals surface area (Å²) < 4.78 is 0. The molecule has 5 nitrogen and oxygen atoms in total. The molecule has 0 unspecified atom stereocenters. The predicted octanol–water partition coefficient (Wildman–Crippen LogP) is 3.82. The van der Waals surface area contributed by atoms with Crippen LogP contribution in [0, 0.1) is 0 Å². The summed E-state index contributed by atoms with van der Waals surface area (Å²) in [6, 6.07) is 16.3. The molecule has 0 aliphatic heterocycles. The fraction of sp³-hybridized carbons (Fsp3) is 0.190. The van der Waals surface area contributed by atoms with Gasteiger partial charge in [-0.3, -0.25) is 4.98 Å². The number of hydrogen-bond acceptors (Lipinski definition) is 5. The van der Waals surface area contributed by atoms with E-state index in [0.717, 1.165) is 30.0 Å². The fourth-order valence-electron chi connectivity index (χ4n) is 2.59. The predicted molar refractivity (Wildman–Crippen MR) is 107 cm³/mol. The molecule has 1 aromatic carbocycles. The van der Waals surface area contributed by atoms with Crippen molar-refractivity contribution < 1.29 is 0 Å². The second kappa shape index (κ2) is 8.76. The minimum absolute atomic E-state index is 0.608. The van der Waals surface area contributed by atoms with Crippen molar-refractivity contribution in [3.8, 4) is 11.3 Å². The van der Waals surface area contributed by atoms with Crippen LogP contribution in [0.2, 0.25) is 0 Å². The van der Waals surface area contributed by atoms with Gasteiger partial charge in [0.1, 0.15) is 5.82 Å². The van der Waals surface area contributed by atoms with Crippen LogP contribution in [0.4, 0.5) is 11.8 Å². The summed E-state index contributed by atoms with van der Waals surface area (Å²) in [7, 11) is 2.05. The van der Waals surface area contributed by atoms with Gasteiger partial charge in [0.2, 0.25) is 5.95 Å². The van der Waals surface area contributed by atoms with Crippen LogP contribution in [0.5, 0.6) is 0 Å². The molecule has 0 radical (unpaired) electrons. The Morgan fingerprint density at radius 2 is 1.85 bits per heavy atom. The third kappa shape index (κ3) is 4.66. The fourth-order valence-corrected chi connectivity index (χ4v) is 2.59. The molecule has 2 aromatic heterocycles. The zero-order valence-corrected chi connectivity index (χ0v) is 15.0. The minimum Gasteiger partial charge on any atom is -0.359 e. The van der Waals surface area contributed by atoms with Gasteiger partial charge in [-0.2, -0.15) is 4.98 Å². The number of benzene rings is 1. The number of nitrogens with zero attached hydrogens (tertiary/aromatic N) is 4. The summed E-state index contributed by atoms with van der Waals surface area (Å²) in [5.41, 5.74) is 3.23. The lowest BCUT2D eigenvalue weighted by molar-refractivity contribution is 0.855. The van der Waals surface area contributed by atoms with Crippen molar-refractivity contribution in [3.63, 3.8) is 0 Å².